The van der Waals surface area contributed by atoms with Crippen molar-refractivity contribution in [3.05, 3.63) is 88.9 Å². The Morgan fingerprint density at radius 1 is 0.524 bits per heavy atom. The highest BCUT2D eigenvalue weighted by Gasteiger charge is 2.21. The minimum absolute atomic E-state index is 0.723. The number of hydrogen-bond acceptors (Lipinski definition) is 0. The van der Waals surface area contributed by atoms with Crippen LogP contribution in [0.1, 0.15) is 0 Å². The second-order valence-corrected chi connectivity index (χ2v) is 7.54. The van der Waals surface area contributed by atoms with Gasteiger partial charge in [-0.05, 0) is 30.7 Å². The largest absolute Gasteiger partial charge is 0.0836 e. The highest BCUT2D eigenvalue weighted by Crippen LogP contribution is 2.38. The van der Waals surface area contributed by atoms with Crippen LogP contribution in [-0.2, 0) is 0 Å². The maximum absolute atomic E-state index is 6.46. The minimum atomic E-state index is -0.752. The first-order valence-corrected chi connectivity index (χ1v) is 8.71. The fraction of sp³-hybridized carbons (Fsp3) is 0. The van der Waals surface area contributed by atoms with Gasteiger partial charge in [0.1, 0.15) is 0 Å². The summed E-state index contributed by atoms with van der Waals surface area (Å²) >= 11 is 12.9. The van der Waals surface area contributed by atoms with Crippen LogP contribution in [0.5, 0.6) is 0 Å². The van der Waals surface area contributed by atoms with Gasteiger partial charge in [0, 0.05) is 5.30 Å². The molecule has 3 aromatic carbocycles. The summed E-state index contributed by atoms with van der Waals surface area (Å²) in [6, 6.07) is 26.5. The van der Waals surface area contributed by atoms with Gasteiger partial charge < -0.3 is 0 Å². The van der Waals surface area contributed by atoms with E-state index in [2.05, 4.69) is 48.5 Å². The molecule has 3 heteroatoms. The molecule has 3 aromatic rings. The summed E-state index contributed by atoms with van der Waals surface area (Å²) in [5, 5.41) is 4.96. The molecule has 0 bridgehead atoms. The number of halogens is 2. The summed E-state index contributed by atoms with van der Waals surface area (Å²) in [6.07, 6.45) is 0. The first kappa shape index (κ1) is 14.6. The molecule has 0 radical (unpaired) electrons. The Hall–Kier alpha value is -1.33. The Kier molecular flexibility index (Phi) is 4.60. The molecule has 0 aliphatic carbocycles. The van der Waals surface area contributed by atoms with Crippen molar-refractivity contribution in [2.24, 2.45) is 0 Å². The topological polar surface area (TPSA) is 0 Å². The smallest absolute Gasteiger partial charge is 0.0504 e. The minimum Gasteiger partial charge on any atom is -0.0836 e. The average Bonchev–Trinajstić information content (AvgIpc) is 2.53. The summed E-state index contributed by atoms with van der Waals surface area (Å²) in [5.74, 6) is 0. The maximum Gasteiger partial charge on any atom is 0.0504 e. The molecule has 0 fully saturated rings. The highest BCUT2D eigenvalue weighted by atomic mass is 35.5. The van der Waals surface area contributed by atoms with Crippen LogP contribution in [0.25, 0.3) is 0 Å². The van der Waals surface area contributed by atoms with Crippen LogP contribution in [0, 0.1) is 0 Å². The van der Waals surface area contributed by atoms with Crippen molar-refractivity contribution in [2.45, 2.75) is 0 Å². The fourth-order valence-corrected chi connectivity index (χ4v) is 5.50. The predicted octanol–water partition coefficient (Wildman–Crippen LogP) is 4.75. The lowest BCUT2D eigenvalue weighted by Crippen LogP contribution is -2.22. The normalized spacial score (nSPS) is 10.8. The van der Waals surface area contributed by atoms with E-state index in [1.807, 2.05) is 30.3 Å². The van der Waals surface area contributed by atoms with E-state index in [1.54, 1.807) is 0 Å². The van der Waals surface area contributed by atoms with Crippen LogP contribution in [0.4, 0.5) is 0 Å². The first-order chi connectivity index (χ1) is 10.3. The Bertz CT molecular complexity index is 667. The van der Waals surface area contributed by atoms with Gasteiger partial charge in [0.05, 0.1) is 10.0 Å². The summed E-state index contributed by atoms with van der Waals surface area (Å²) in [6.45, 7) is 0. The highest BCUT2D eigenvalue weighted by molar-refractivity contribution is 7.80. The molecular formula is C18H13Cl2P. The summed E-state index contributed by atoms with van der Waals surface area (Å²) in [7, 11) is -0.752. The van der Waals surface area contributed by atoms with E-state index in [1.165, 1.54) is 10.6 Å². The lowest BCUT2D eigenvalue weighted by Gasteiger charge is -2.21. The van der Waals surface area contributed by atoms with Gasteiger partial charge in [0.25, 0.3) is 0 Å². The molecular weight excluding hydrogens is 318 g/mol. The second-order valence-electron chi connectivity index (χ2n) is 4.58. The van der Waals surface area contributed by atoms with Crippen molar-refractivity contribution in [2.75, 3.05) is 0 Å². The van der Waals surface area contributed by atoms with Crippen molar-refractivity contribution < 1.29 is 0 Å². The van der Waals surface area contributed by atoms with Crippen molar-refractivity contribution in [3.63, 3.8) is 0 Å². The van der Waals surface area contributed by atoms with Crippen LogP contribution in [0.3, 0.4) is 0 Å². The number of hydrogen-bond donors (Lipinski definition) is 0. The summed E-state index contributed by atoms with van der Waals surface area (Å²) in [5.41, 5.74) is 0. The Labute approximate surface area is 136 Å². The molecule has 0 spiro atoms. The van der Waals surface area contributed by atoms with Gasteiger partial charge in [-0.15, -0.1) is 0 Å². The van der Waals surface area contributed by atoms with Crippen LogP contribution < -0.4 is 15.9 Å². The van der Waals surface area contributed by atoms with Gasteiger partial charge in [-0.2, -0.15) is 0 Å². The van der Waals surface area contributed by atoms with Crippen molar-refractivity contribution >= 4 is 47.0 Å². The van der Waals surface area contributed by atoms with Crippen LogP contribution in [-0.4, -0.2) is 0 Å². The maximum atomic E-state index is 6.46. The molecule has 0 amide bonds. The molecule has 21 heavy (non-hydrogen) atoms. The van der Waals surface area contributed by atoms with Gasteiger partial charge in [-0.3, -0.25) is 0 Å². The molecule has 0 saturated heterocycles. The lowest BCUT2D eigenvalue weighted by atomic mass is 10.3. The zero-order chi connectivity index (χ0) is 14.7. The van der Waals surface area contributed by atoms with Gasteiger partial charge >= 0.3 is 0 Å². The molecule has 0 unspecified atom stereocenters. The van der Waals surface area contributed by atoms with E-state index in [0.29, 0.717) is 0 Å². The van der Waals surface area contributed by atoms with E-state index >= 15 is 0 Å². The third kappa shape index (κ3) is 3.14. The van der Waals surface area contributed by atoms with E-state index in [-0.39, 0.29) is 0 Å². The molecule has 0 N–H and O–H groups in total. The molecule has 0 atom stereocenters. The quantitative estimate of drug-likeness (QED) is 0.608. The molecule has 0 saturated carbocycles. The number of benzene rings is 3. The molecule has 0 aliphatic rings. The van der Waals surface area contributed by atoms with E-state index in [9.17, 15) is 0 Å². The van der Waals surface area contributed by atoms with Gasteiger partial charge in [-0.25, -0.2) is 0 Å². The van der Waals surface area contributed by atoms with Crippen molar-refractivity contribution in [1.29, 1.82) is 0 Å². The molecule has 0 aliphatic heterocycles. The third-order valence-electron chi connectivity index (χ3n) is 3.19. The third-order valence-corrected chi connectivity index (χ3v) is 6.64. The summed E-state index contributed by atoms with van der Waals surface area (Å²) in [4.78, 5) is 0. The molecule has 104 valence electrons. The molecule has 0 heterocycles. The van der Waals surface area contributed by atoms with Crippen molar-refractivity contribution in [3.8, 4) is 0 Å². The Morgan fingerprint density at radius 2 is 0.952 bits per heavy atom. The molecule has 3 rings (SSSR count). The average molecular weight is 331 g/mol. The predicted molar refractivity (Wildman–Crippen MR) is 95.2 cm³/mol. The second kappa shape index (κ2) is 6.62. The van der Waals surface area contributed by atoms with Crippen molar-refractivity contribution in [1.82, 2.24) is 0 Å². The molecule has 0 nitrogen and oxygen atoms in total. The summed E-state index contributed by atoms with van der Waals surface area (Å²) < 4.78 is 0. The monoisotopic (exact) mass is 330 g/mol. The lowest BCUT2D eigenvalue weighted by molar-refractivity contribution is 1.73. The zero-order valence-electron chi connectivity index (χ0n) is 11.2. The van der Waals surface area contributed by atoms with Crippen LogP contribution >= 0.6 is 31.1 Å². The van der Waals surface area contributed by atoms with E-state index in [0.717, 1.165) is 15.3 Å². The fourth-order valence-electron chi connectivity index (χ4n) is 2.26. The standard InChI is InChI=1S/C18H13Cl2P/c19-16-12-7-13-17(20)18(16)21(14-8-3-1-4-9-14)15-10-5-2-6-11-15/h1-13H. The number of rotatable bonds is 3. The molecule has 0 aromatic heterocycles. The Morgan fingerprint density at radius 3 is 1.38 bits per heavy atom. The zero-order valence-corrected chi connectivity index (χ0v) is 13.6. The SMILES string of the molecule is Clc1cccc(Cl)c1P(c1ccccc1)c1ccccc1. The van der Waals surface area contributed by atoms with Crippen LogP contribution in [0.2, 0.25) is 10.0 Å². The van der Waals surface area contributed by atoms with Gasteiger partial charge in [0.15, 0.2) is 0 Å². The van der Waals surface area contributed by atoms with Gasteiger partial charge in [0.2, 0.25) is 0 Å². The van der Waals surface area contributed by atoms with Gasteiger partial charge in [-0.1, -0.05) is 89.9 Å². The van der Waals surface area contributed by atoms with E-state index < -0.39 is 7.92 Å². The van der Waals surface area contributed by atoms with E-state index in [4.69, 9.17) is 23.2 Å². The Balaban J connectivity index is 2.23. The van der Waals surface area contributed by atoms with Crippen LogP contribution in [0.15, 0.2) is 78.9 Å². The first-order valence-electron chi connectivity index (χ1n) is 6.61.